The van der Waals surface area contributed by atoms with E-state index in [0.29, 0.717) is 54.7 Å². The summed E-state index contributed by atoms with van der Waals surface area (Å²) in [6.45, 7) is 3.70. The number of hydrogen-bond donors (Lipinski definition) is 1. The molecular formula is C26H30N2O7. The number of carbonyl (C=O) groups excluding carboxylic acids is 2. The van der Waals surface area contributed by atoms with Crippen molar-refractivity contribution in [1.29, 1.82) is 0 Å². The van der Waals surface area contributed by atoms with Gasteiger partial charge in [-0.1, -0.05) is 6.07 Å². The number of ether oxygens (including phenoxy) is 4. The second-order valence-electron chi connectivity index (χ2n) is 8.29. The van der Waals surface area contributed by atoms with Gasteiger partial charge in [0.2, 0.25) is 0 Å². The van der Waals surface area contributed by atoms with E-state index in [2.05, 4.69) is 4.90 Å². The van der Waals surface area contributed by atoms with Gasteiger partial charge in [0.25, 0.3) is 11.7 Å². The predicted octanol–water partition coefficient (Wildman–Crippen LogP) is 2.47. The van der Waals surface area contributed by atoms with Crippen LogP contribution in [0, 0.1) is 0 Å². The van der Waals surface area contributed by atoms with Gasteiger partial charge in [-0.3, -0.25) is 14.5 Å². The van der Waals surface area contributed by atoms with E-state index in [4.69, 9.17) is 18.9 Å². The summed E-state index contributed by atoms with van der Waals surface area (Å²) in [7, 11) is 4.61. The van der Waals surface area contributed by atoms with Crippen LogP contribution in [0.4, 0.5) is 0 Å². The molecule has 0 radical (unpaired) electrons. The maximum absolute atomic E-state index is 13.2. The standard InChI is InChI=1S/C26H30N2O7/c1-32-19-7-4-17(5-8-19)24(29)22-23(18-6-9-20(33-2)21(16-18)34-3)28(26(31)25(22)30)11-10-27-12-14-35-15-13-27/h4-9,16,23,29H,10-15H2,1-3H3/t23-/m1/s1. The molecule has 35 heavy (non-hydrogen) atoms. The molecule has 2 aromatic carbocycles. The molecule has 1 atom stereocenters. The van der Waals surface area contributed by atoms with Crippen LogP contribution in [0.5, 0.6) is 17.2 Å². The summed E-state index contributed by atoms with van der Waals surface area (Å²) in [5, 5.41) is 11.2. The monoisotopic (exact) mass is 482 g/mol. The van der Waals surface area contributed by atoms with Crippen molar-refractivity contribution in [3.05, 3.63) is 59.2 Å². The van der Waals surface area contributed by atoms with Crippen LogP contribution < -0.4 is 14.2 Å². The average Bonchev–Trinajstić information content (AvgIpc) is 3.16. The second kappa shape index (κ2) is 10.8. The first-order chi connectivity index (χ1) is 17.0. The summed E-state index contributed by atoms with van der Waals surface area (Å²) in [5.74, 6) is 0.00156. The van der Waals surface area contributed by atoms with Crippen LogP contribution in [-0.2, 0) is 14.3 Å². The van der Waals surface area contributed by atoms with E-state index in [1.807, 2.05) is 0 Å². The normalized spacial score (nSPS) is 20.2. The Morgan fingerprint density at radius 1 is 0.943 bits per heavy atom. The molecule has 4 rings (SSSR count). The molecular weight excluding hydrogens is 452 g/mol. The maximum atomic E-state index is 13.2. The van der Waals surface area contributed by atoms with Gasteiger partial charge in [-0.15, -0.1) is 0 Å². The van der Waals surface area contributed by atoms with Gasteiger partial charge in [0.15, 0.2) is 11.5 Å². The zero-order valence-corrected chi connectivity index (χ0v) is 20.2. The van der Waals surface area contributed by atoms with Crippen molar-refractivity contribution in [1.82, 2.24) is 9.80 Å². The Hall–Kier alpha value is -3.56. The Morgan fingerprint density at radius 2 is 1.63 bits per heavy atom. The summed E-state index contributed by atoms with van der Waals surface area (Å²) in [4.78, 5) is 30.2. The Morgan fingerprint density at radius 3 is 2.26 bits per heavy atom. The van der Waals surface area contributed by atoms with Crippen molar-refractivity contribution in [2.24, 2.45) is 0 Å². The molecule has 0 spiro atoms. The topological polar surface area (TPSA) is 97.8 Å². The third kappa shape index (κ3) is 4.96. The number of Topliss-reactive ketones (excluding diaryl/α,β-unsaturated/α-hetero) is 1. The number of likely N-dealkylation sites (tertiary alicyclic amines) is 1. The number of carbonyl (C=O) groups is 2. The Balaban J connectivity index is 1.77. The van der Waals surface area contributed by atoms with E-state index in [1.165, 1.54) is 19.1 Å². The lowest BCUT2D eigenvalue weighted by molar-refractivity contribution is -0.140. The van der Waals surface area contributed by atoms with Crippen LogP contribution >= 0.6 is 0 Å². The first kappa shape index (κ1) is 24.6. The average molecular weight is 483 g/mol. The molecule has 0 aromatic heterocycles. The van der Waals surface area contributed by atoms with Gasteiger partial charge in [-0.25, -0.2) is 0 Å². The molecule has 2 aromatic rings. The number of rotatable bonds is 8. The maximum Gasteiger partial charge on any atom is 0.295 e. The molecule has 0 bridgehead atoms. The third-order valence-corrected chi connectivity index (χ3v) is 6.39. The summed E-state index contributed by atoms with van der Waals surface area (Å²) in [6, 6.07) is 11.1. The van der Waals surface area contributed by atoms with Crippen LogP contribution in [0.1, 0.15) is 17.2 Å². The summed E-state index contributed by atoms with van der Waals surface area (Å²) in [6.07, 6.45) is 0. The fourth-order valence-electron chi connectivity index (χ4n) is 4.46. The predicted molar refractivity (Wildman–Crippen MR) is 129 cm³/mol. The zero-order chi connectivity index (χ0) is 24.9. The van der Waals surface area contributed by atoms with Gasteiger partial charge in [-0.05, 0) is 42.0 Å². The highest BCUT2D eigenvalue weighted by molar-refractivity contribution is 6.46. The molecule has 186 valence electrons. The Labute approximate surface area is 204 Å². The molecule has 0 saturated carbocycles. The first-order valence-electron chi connectivity index (χ1n) is 11.4. The number of methoxy groups -OCH3 is 3. The van der Waals surface area contributed by atoms with Crippen molar-refractivity contribution < 1.29 is 33.6 Å². The number of nitrogens with zero attached hydrogens (tertiary/aromatic N) is 2. The minimum absolute atomic E-state index is 0.0364. The largest absolute Gasteiger partial charge is 0.507 e. The van der Waals surface area contributed by atoms with Crippen LogP contribution in [0.25, 0.3) is 5.76 Å². The summed E-state index contributed by atoms with van der Waals surface area (Å²) >= 11 is 0. The number of aliphatic hydroxyl groups excluding tert-OH is 1. The number of ketones is 1. The fourth-order valence-corrected chi connectivity index (χ4v) is 4.46. The van der Waals surface area contributed by atoms with Gasteiger partial charge in [-0.2, -0.15) is 0 Å². The van der Waals surface area contributed by atoms with Crippen LogP contribution in [0.2, 0.25) is 0 Å². The molecule has 0 aliphatic carbocycles. The number of amides is 1. The molecule has 9 nitrogen and oxygen atoms in total. The Kier molecular flexibility index (Phi) is 7.57. The lowest BCUT2D eigenvalue weighted by atomic mass is 9.95. The van der Waals surface area contributed by atoms with E-state index in [0.717, 1.165) is 13.1 Å². The molecule has 0 unspecified atom stereocenters. The van der Waals surface area contributed by atoms with Gasteiger partial charge in [0, 0.05) is 31.7 Å². The Bertz CT molecular complexity index is 1110. The van der Waals surface area contributed by atoms with Gasteiger partial charge >= 0.3 is 0 Å². The molecule has 2 aliphatic rings. The highest BCUT2D eigenvalue weighted by Gasteiger charge is 2.46. The minimum atomic E-state index is -0.780. The first-order valence-corrected chi connectivity index (χ1v) is 11.4. The molecule has 2 saturated heterocycles. The highest BCUT2D eigenvalue weighted by atomic mass is 16.5. The molecule has 9 heteroatoms. The summed E-state index contributed by atoms with van der Waals surface area (Å²) < 4.78 is 21.4. The molecule has 2 fully saturated rings. The number of hydrogen-bond acceptors (Lipinski definition) is 8. The second-order valence-corrected chi connectivity index (χ2v) is 8.29. The van der Waals surface area contributed by atoms with E-state index in [9.17, 15) is 14.7 Å². The van der Waals surface area contributed by atoms with E-state index in [1.54, 1.807) is 49.6 Å². The molecule has 2 aliphatic heterocycles. The zero-order valence-electron chi connectivity index (χ0n) is 20.2. The smallest absolute Gasteiger partial charge is 0.295 e. The van der Waals surface area contributed by atoms with Crippen LogP contribution in [0.3, 0.4) is 0 Å². The number of aliphatic hydroxyl groups is 1. The molecule has 1 N–H and O–H groups in total. The van der Waals surface area contributed by atoms with Crippen molar-refractivity contribution in [3.63, 3.8) is 0 Å². The lowest BCUT2D eigenvalue weighted by Gasteiger charge is -2.31. The third-order valence-electron chi connectivity index (χ3n) is 6.39. The van der Waals surface area contributed by atoms with Crippen LogP contribution in [-0.4, -0.2) is 87.3 Å². The number of benzene rings is 2. The quantitative estimate of drug-likeness (QED) is 0.348. The molecule has 2 heterocycles. The fraction of sp³-hybridized carbons (Fsp3) is 0.385. The SMILES string of the molecule is COc1ccc(C(O)=C2C(=O)C(=O)N(CCN3CCOCC3)[C@@H]2c2ccc(OC)c(OC)c2)cc1. The van der Waals surface area contributed by atoms with E-state index < -0.39 is 17.7 Å². The minimum Gasteiger partial charge on any atom is -0.507 e. The van der Waals surface area contributed by atoms with Crippen molar-refractivity contribution in [3.8, 4) is 17.2 Å². The van der Waals surface area contributed by atoms with Crippen LogP contribution in [0.15, 0.2) is 48.0 Å². The summed E-state index contributed by atoms with van der Waals surface area (Å²) in [5.41, 5.74) is 1.09. The van der Waals surface area contributed by atoms with Crippen molar-refractivity contribution in [2.75, 3.05) is 60.7 Å². The van der Waals surface area contributed by atoms with Crippen molar-refractivity contribution in [2.45, 2.75) is 6.04 Å². The van der Waals surface area contributed by atoms with Gasteiger partial charge in [0.1, 0.15) is 11.5 Å². The molecule has 1 amide bonds. The van der Waals surface area contributed by atoms with Gasteiger partial charge < -0.3 is 29.0 Å². The van der Waals surface area contributed by atoms with Gasteiger partial charge in [0.05, 0.1) is 46.2 Å². The number of morpholine rings is 1. The van der Waals surface area contributed by atoms with Crippen molar-refractivity contribution >= 4 is 17.4 Å². The lowest BCUT2D eigenvalue weighted by Crippen LogP contribution is -2.42. The highest BCUT2D eigenvalue weighted by Crippen LogP contribution is 2.42. The van der Waals surface area contributed by atoms with E-state index >= 15 is 0 Å². The van der Waals surface area contributed by atoms with E-state index in [-0.39, 0.29) is 11.3 Å².